The lowest BCUT2D eigenvalue weighted by atomic mass is 10.0. The van der Waals surface area contributed by atoms with E-state index >= 15 is 0 Å². The van der Waals surface area contributed by atoms with E-state index in [1.165, 1.54) is 6.21 Å². The summed E-state index contributed by atoms with van der Waals surface area (Å²) < 4.78 is 0. The van der Waals surface area contributed by atoms with E-state index in [2.05, 4.69) is 10.5 Å². The minimum Gasteiger partial charge on any atom is -0.267 e. The van der Waals surface area contributed by atoms with Crippen molar-refractivity contribution in [2.24, 2.45) is 5.10 Å². The van der Waals surface area contributed by atoms with Crippen molar-refractivity contribution in [2.75, 3.05) is 0 Å². The van der Waals surface area contributed by atoms with E-state index in [1.54, 1.807) is 12.1 Å². The Labute approximate surface area is 133 Å². The van der Waals surface area contributed by atoms with Crippen molar-refractivity contribution in [3.05, 3.63) is 82.9 Å². The molecule has 0 heterocycles. The number of rotatable bonds is 3. The van der Waals surface area contributed by atoms with Crippen molar-refractivity contribution in [1.82, 2.24) is 5.43 Å². The van der Waals surface area contributed by atoms with Crippen LogP contribution in [-0.2, 0) is 0 Å². The number of nitrogens with zero attached hydrogens (tertiary/aromatic N) is 1. The molecule has 0 aliphatic rings. The quantitative estimate of drug-likeness (QED) is 0.570. The summed E-state index contributed by atoms with van der Waals surface area (Å²) in [6.45, 7) is 0. The standard InChI is InChI=1S/C18H13ClN2O/c19-17-11-4-2-7-14(17)12-20-21-18(22)16-10-5-8-13-6-1-3-9-15(13)16/h1-12H,(H,21,22)/b20-12-. The van der Waals surface area contributed by atoms with Gasteiger partial charge in [-0.15, -0.1) is 0 Å². The lowest BCUT2D eigenvalue weighted by Gasteiger charge is -2.04. The Kier molecular flexibility index (Phi) is 4.17. The molecule has 0 atom stereocenters. The molecule has 3 aromatic rings. The van der Waals surface area contributed by atoms with Gasteiger partial charge in [-0.1, -0.05) is 66.2 Å². The molecule has 0 fully saturated rings. The van der Waals surface area contributed by atoms with Crippen LogP contribution in [0.1, 0.15) is 15.9 Å². The molecule has 0 bridgehead atoms. The number of hydrazone groups is 1. The number of carbonyl (C=O) groups excluding carboxylic acids is 1. The highest BCUT2D eigenvalue weighted by molar-refractivity contribution is 6.33. The molecule has 0 radical (unpaired) electrons. The van der Waals surface area contributed by atoms with Gasteiger partial charge in [0.1, 0.15) is 0 Å². The van der Waals surface area contributed by atoms with Crippen LogP contribution in [0, 0.1) is 0 Å². The zero-order chi connectivity index (χ0) is 15.4. The van der Waals surface area contributed by atoms with Crippen molar-refractivity contribution in [1.29, 1.82) is 0 Å². The molecule has 0 spiro atoms. The largest absolute Gasteiger partial charge is 0.271 e. The number of benzene rings is 3. The third kappa shape index (κ3) is 3.00. The topological polar surface area (TPSA) is 41.5 Å². The summed E-state index contributed by atoms with van der Waals surface area (Å²) in [7, 11) is 0. The van der Waals surface area contributed by atoms with Crippen molar-refractivity contribution < 1.29 is 4.79 Å². The van der Waals surface area contributed by atoms with Gasteiger partial charge in [-0.25, -0.2) is 5.43 Å². The molecule has 1 amide bonds. The zero-order valence-corrected chi connectivity index (χ0v) is 12.4. The summed E-state index contributed by atoms with van der Waals surface area (Å²) in [5.74, 6) is -0.250. The number of amides is 1. The van der Waals surface area contributed by atoms with Crippen LogP contribution in [0.3, 0.4) is 0 Å². The molecule has 3 nitrogen and oxygen atoms in total. The van der Waals surface area contributed by atoms with Crippen molar-refractivity contribution >= 4 is 34.5 Å². The summed E-state index contributed by atoms with van der Waals surface area (Å²) >= 11 is 6.03. The van der Waals surface area contributed by atoms with Gasteiger partial charge >= 0.3 is 0 Å². The van der Waals surface area contributed by atoms with E-state index in [4.69, 9.17) is 11.6 Å². The Balaban J connectivity index is 1.81. The molecule has 3 rings (SSSR count). The van der Waals surface area contributed by atoms with Gasteiger partial charge in [-0.2, -0.15) is 5.10 Å². The Bertz CT molecular complexity index is 853. The van der Waals surface area contributed by atoms with Crippen LogP contribution in [0.25, 0.3) is 10.8 Å². The van der Waals surface area contributed by atoms with Crippen molar-refractivity contribution in [2.45, 2.75) is 0 Å². The highest BCUT2D eigenvalue weighted by Gasteiger charge is 2.08. The first kappa shape index (κ1) is 14.3. The predicted octanol–water partition coefficient (Wildman–Crippen LogP) is 4.26. The summed E-state index contributed by atoms with van der Waals surface area (Å²) in [5, 5.41) is 6.48. The fourth-order valence-electron chi connectivity index (χ4n) is 2.22. The first-order chi connectivity index (χ1) is 10.8. The molecule has 108 valence electrons. The average molecular weight is 309 g/mol. The Morgan fingerprint density at radius 1 is 0.955 bits per heavy atom. The van der Waals surface area contributed by atoms with E-state index in [9.17, 15) is 4.79 Å². The Hall–Kier alpha value is -2.65. The smallest absolute Gasteiger partial charge is 0.267 e. The van der Waals surface area contributed by atoms with Gasteiger partial charge in [0.05, 0.1) is 6.21 Å². The van der Waals surface area contributed by atoms with Gasteiger partial charge in [-0.3, -0.25) is 4.79 Å². The molecule has 3 aromatic carbocycles. The highest BCUT2D eigenvalue weighted by atomic mass is 35.5. The number of hydrogen-bond donors (Lipinski definition) is 1. The van der Waals surface area contributed by atoms with Crippen molar-refractivity contribution in [3.63, 3.8) is 0 Å². The molecule has 1 N–H and O–H groups in total. The number of fused-ring (bicyclic) bond motifs is 1. The molecule has 0 unspecified atom stereocenters. The first-order valence-electron chi connectivity index (χ1n) is 6.81. The molecule has 0 aliphatic carbocycles. The second-order valence-electron chi connectivity index (χ2n) is 4.75. The number of carbonyl (C=O) groups is 1. The molecule has 4 heteroatoms. The van der Waals surface area contributed by atoms with Crippen LogP contribution >= 0.6 is 11.6 Å². The third-order valence-corrected chi connectivity index (χ3v) is 3.65. The van der Waals surface area contributed by atoms with Crippen LogP contribution in [0.5, 0.6) is 0 Å². The SMILES string of the molecule is O=C(N/N=C\c1ccccc1Cl)c1cccc2ccccc12. The molecule has 0 aliphatic heterocycles. The van der Waals surface area contributed by atoms with Gasteiger partial charge in [0.25, 0.3) is 5.91 Å². The molecule has 0 saturated carbocycles. The normalized spacial score (nSPS) is 11.0. The second-order valence-corrected chi connectivity index (χ2v) is 5.15. The van der Waals surface area contributed by atoms with Crippen LogP contribution in [0.2, 0.25) is 5.02 Å². The average Bonchev–Trinajstić information content (AvgIpc) is 2.56. The lowest BCUT2D eigenvalue weighted by molar-refractivity contribution is 0.0957. The molecular formula is C18H13ClN2O. The van der Waals surface area contributed by atoms with E-state index in [1.807, 2.05) is 54.6 Å². The van der Waals surface area contributed by atoms with Crippen LogP contribution < -0.4 is 5.43 Å². The maximum atomic E-state index is 12.3. The van der Waals surface area contributed by atoms with Gasteiger partial charge in [0.2, 0.25) is 0 Å². The lowest BCUT2D eigenvalue weighted by Crippen LogP contribution is -2.17. The zero-order valence-electron chi connectivity index (χ0n) is 11.7. The van der Waals surface area contributed by atoms with Gasteiger partial charge < -0.3 is 0 Å². The minimum atomic E-state index is -0.250. The summed E-state index contributed by atoms with van der Waals surface area (Å²) in [5.41, 5.74) is 3.88. The summed E-state index contributed by atoms with van der Waals surface area (Å²) in [4.78, 5) is 12.3. The summed E-state index contributed by atoms with van der Waals surface area (Å²) in [6.07, 6.45) is 1.53. The predicted molar refractivity (Wildman–Crippen MR) is 90.5 cm³/mol. The highest BCUT2D eigenvalue weighted by Crippen LogP contribution is 2.18. The van der Waals surface area contributed by atoms with Gasteiger partial charge in [0.15, 0.2) is 0 Å². The Morgan fingerprint density at radius 2 is 1.68 bits per heavy atom. The maximum absolute atomic E-state index is 12.3. The minimum absolute atomic E-state index is 0.250. The fraction of sp³-hybridized carbons (Fsp3) is 0. The molecule has 22 heavy (non-hydrogen) atoms. The Morgan fingerprint density at radius 3 is 2.55 bits per heavy atom. The van der Waals surface area contributed by atoms with Crippen LogP contribution in [-0.4, -0.2) is 12.1 Å². The number of halogens is 1. The van der Waals surface area contributed by atoms with E-state index in [0.29, 0.717) is 10.6 Å². The first-order valence-corrected chi connectivity index (χ1v) is 7.19. The second kappa shape index (κ2) is 6.41. The molecule has 0 aromatic heterocycles. The van der Waals surface area contributed by atoms with E-state index in [-0.39, 0.29) is 5.91 Å². The molecular weight excluding hydrogens is 296 g/mol. The summed E-state index contributed by atoms with van der Waals surface area (Å²) in [6, 6.07) is 20.7. The fourth-order valence-corrected chi connectivity index (χ4v) is 2.41. The van der Waals surface area contributed by atoms with E-state index in [0.717, 1.165) is 16.3 Å². The molecule has 0 saturated heterocycles. The third-order valence-electron chi connectivity index (χ3n) is 3.31. The monoisotopic (exact) mass is 308 g/mol. The van der Waals surface area contributed by atoms with Crippen LogP contribution in [0.4, 0.5) is 0 Å². The van der Waals surface area contributed by atoms with Crippen molar-refractivity contribution in [3.8, 4) is 0 Å². The number of nitrogens with one attached hydrogen (secondary N) is 1. The maximum Gasteiger partial charge on any atom is 0.271 e. The van der Waals surface area contributed by atoms with Crippen LogP contribution in [0.15, 0.2) is 71.8 Å². The van der Waals surface area contributed by atoms with Gasteiger partial charge in [0, 0.05) is 16.1 Å². The van der Waals surface area contributed by atoms with Gasteiger partial charge in [-0.05, 0) is 22.9 Å². The number of hydrogen-bond acceptors (Lipinski definition) is 2. The van der Waals surface area contributed by atoms with E-state index < -0.39 is 0 Å².